The molecule has 0 aliphatic heterocycles. The lowest BCUT2D eigenvalue weighted by atomic mass is 9.82. The molecule has 0 aliphatic carbocycles. The summed E-state index contributed by atoms with van der Waals surface area (Å²) in [5.41, 5.74) is 2.82. The van der Waals surface area contributed by atoms with Gasteiger partial charge in [-0.05, 0) is 65.1 Å². The fraction of sp³-hybridized carbons (Fsp3) is 0.270. The Hall–Kier alpha value is -5.83. The summed E-state index contributed by atoms with van der Waals surface area (Å²) in [6, 6.07) is 20.3. The summed E-state index contributed by atoms with van der Waals surface area (Å²) < 4.78 is 55.2. The molecule has 52 heavy (non-hydrogen) atoms. The van der Waals surface area contributed by atoms with Crippen LogP contribution in [-0.4, -0.2) is 61.1 Å². The number of anilines is 3. The van der Waals surface area contributed by atoms with E-state index in [1.165, 1.54) is 42.0 Å². The van der Waals surface area contributed by atoms with E-state index >= 15 is 0 Å². The van der Waals surface area contributed by atoms with Gasteiger partial charge in [-0.25, -0.2) is 27.0 Å². The van der Waals surface area contributed by atoms with Crippen LogP contribution in [0.2, 0.25) is 0 Å². The van der Waals surface area contributed by atoms with Crippen LogP contribution in [0, 0.1) is 17.2 Å². The Kier molecular flexibility index (Phi) is 10.9. The van der Waals surface area contributed by atoms with Crippen molar-refractivity contribution in [2.24, 2.45) is 11.3 Å². The van der Waals surface area contributed by atoms with E-state index in [2.05, 4.69) is 15.4 Å². The molecule has 2 heterocycles. The quantitative estimate of drug-likeness (QED) is 0.116. The molecule has 5 rings (SSSR count). The molecule has 2 amide bonds. The van der Waals surface area contributed by atoms with Crippen LogP contribution >= 0.6 is 0 Å². The van der Waals surface area contributed by atoms with Crippen LogP contribution in [0.15, 0.2) is 90.0 Å². The summed E-state index contributed by atoms with van der Waals surface area (Å²) in [7, 11) is -2.31. The Labute approximate surface area is 300 Å². The second-order valence-electron chi connectivity index (χ2n) is 13.1. The molecule has 0 aliphatic rings. The summed E-state index contributed by atoms with van der Waals surface area (Å²) in [5, 5.41) is 7.35. The van der Waals surface area contributed by atoms with Gasteiger partial charge in [-0.2, -0.15) is 4.98 Å². The number of nitrogens with one attached hydrogen (secondary N) is 1. The highest BCUT2D eigenvalue weighted by Crippen LogP contribution is 2.36. The van der Waals surface area contributed by atoms with Crippen LogP contribution < -0.4 is 15.0 Å². The van der Waals surface area contributed by atoms with Crippen molar-refractivity contribution in [2.45, 2.75) is 39.0 Å². The highest BCUT2D eigenvalue weighted by atomic mass is 32.2. The van der Waals surface area contributed by atoms with E-state index in [1.54, 1.807) is 49.5 Å². The number of rotatable bonds is 11. The number of hydrogen-bond acceptors (Lipinski definition) is 10. The maximum Gasteiger partial charge on any atom is 0.424 e. The van der Waals surface area contributed by atoms with Gasteiger partial charge in [0, 0.05) is 29.8 Å². The molecule has 15 heteroatoms. The second-order valence-corrected chi connectivity index (χ2v) is 15.1. The molecule has 1 N–H and O–H groups in total. The Morgan fingerprint density at radius 3 is 2.25 bits per heavy atom. The van der Waals surface area contributed by atoms with E-state index in [9.17, 15) is 27.2 Å². The van der Waals surface area contributed by atoms with Crippen LogP contribution in [0.4, 0.5) is 26.5 Å². The summed E-state index contributed by atoms with van der Waals surface area (Å²) in [5.74, 6) is -1.78. The van der Waals surface area contributed by atoms with E-state index in [4.69, 9.17) is 14.2 Å². The first kappa shape index (κ1) is 37.4. The fourth-order valence-corrected chi connectivity index (χ4v) is 5.55. The SMILES string of the molecule is COc1cc(S(C)(=O)=O)ccc1N(C(=O)OCOC(=O)[C@@H](C)C(C)(C)C)c1nc2ccc(-c3ccc(NC(=O)Cc4ccc(F)cc4)cc3)cn2n1. The van der Waals surface area contributed by atoms with Crippen molar-refractivity contribution >= 4 is 50.8 Å². The Bertz CT molecular complexity index is 2220. The van der Waals surface area contributed by atoms with Crippen molar-refractivity contribution in [3.05, 3.63) is 96.4 Å². The average molecular weight is 732 g/mol. The molecule has 5 aromatic rings. The lowest BCUT2D eigenvalue weighted by molar-refractivity contribution is -0.159. The third-order valence-electron chi connectivity index (χ3n) is 8.34. The van der Waals surface area contributed by atoms with E-state index in [0.717, 1.165) is 22.3 Å². The van der Waals surface area contributed by atoms with Gasteiger partial charge >= 0.3 is 12.1 Å². The number of esters is 1. The number of ether oxygens (including phenoxy) is 3. The van der Waals surface area contributed by atoms with Crippen molar-refractivity contribution in [1.29, 1.82) is 0 Å². The number of amides is 2. The van der Waals surface area contributed by atoms with E-state index < -0.39 is 34.6 Å². The number of pyridine rings is 1. The van der Waals surface area contributed by atoms with Crippen molar-refractivity contribution in [3.63, 3.8) is 0 Å². The van der Waals surface area contributed by atoms with Crippen molar-refractivity contribution in [3.8, 4) is 16.9 Å². The molecule has 3 aromatic carbocycles. The minimum atomic E-state index is -3.62. The fourth-order valence-electron chi connectivity index (χ4n) is 4.92. The first-order valence-electron chi connectivity index (χ1n) is 16.1. The van der Waals surface area contributed by atoms with Crippen molar-refractivity contribution < 1.29 is 41.4 Å². The molecular weight excluding hydrogens is 693 g/mol. The lowest BCUT2D eigenvalue weighted by Gasteiger charge is -2.25. The van der Waals surface area contributed by atoms with Gasteiger partial charge in [0.05, 0.1) is 30.0 Å². The molecule has 0 saturated heterocycles. The van der Waals surface area contributed by atoms with Gasteiger partial charge in [0.25, 0.3) is 5.95 Å². The number of halogens is 1. The molecule has 272 valence electrons. The summed E-state index contributed by atoms with van der Waals surface area (Å²) >= 11 is 0. The Morgan fingerprint density at radius 2 is 1.62 bits per heavy atom. The zero-order valence-corrected chi connectivity index (χ0v) is 30.2. The molecule has 0 radical (unpaired) electrons. The van der Waals surface area contributed by atoms with Gasteiger partial charge in [0.15, 0.2) is 15.5 Å². The first-order valence-corrected chi connectivity index (χ1v) is 18.0. The molecule has 13 nitrogen and oxygen atoms in total. The third-order valence-corrected chi connectivity index (χ3v) is 9.45. The van der Waals surface area contributed by atoms with Gasteiger partial charge in [-0.15, -0.1) is 5.10 Å². The third kappa shape index (κ3) is 8.90. The molecule has 2 aromatic heterocycles. The number of methoxy groups -OCH3 is 1. The van der Waals surface area contributed by atoms with E-state index in [1.807, 2.05) is 32.9 Å². The van der Waals surface area contributed by atoms with E-state index in [-0.39, 0.29) is 45.8 Å². The van der Waals surface area contributed by atoms with Gasteiger partial charge in [0.1, 0.15) is 11.6 Å². The maximum atomic E-state index is 13.6. The molecule has 0 spiro atoms. The van der Waals surface area contributed by atoms with Crippen LogP contribution in [0.3, 0.4) is 0 Å². The highest BCUT2D eigenvalue weighted by Gasteiger charge is 2.31. The number of hydrogen-bond donors (Lipinski definition) is 1. The van der Waals surface area contributed by atoms with Crippen molar-refractivity contribution in [2.75, 3.05) is 30.4 Å². The molecule has 0 fully saturated rings. The molecule has 1 atom stereocenters. The number of fused-ring (bicyclic) bond motifs is 1. The van der Waals surface area contributed by atoms with Crippen LogP contribution in [0.1, 0.15) is 33.3 Å². The topological polar surface area (TPSA) is 158 Å². The van der Waals surface area contributed by atoms with Crippen LogP contribution in [0.25, 0.3) is 16.8 Å². The first-order chi connectivity index (χ1) is 24.5. The summed E-state index contributed by atoms with van der Waals surface area (Å²) in [6.45, 7) is 6.66. The normalized spacial score (nSPS) is 12.2. The molecular formula is C37H38FN5O8S. The van der Waals surface area contributed by atoms with Gasteiger partial charge in [-0.3, -0.25) is 9.59 Å². The predicted molar refractivity (Wildman–Crippen MR) is 191 cm³/mol. The van der Waals surface area contributed by atoms with Crippen LogP contribution in [0.5, 0.6) is 5.75 Å². The smallest absolute Gasteiger partial charge is 0.424 e. The van der Waals surface area contributed by atoms with Crippen molar-refractivity contribution in [1.82, 2.24) is 14.6 Å². The zero-order valence-electron chi connectivity index (χ0n) is 29.4. The van der Waals surface area contributed by atoms with Gasteiger partial charge < -0.3 is 19.5 Å². The molecule has 0 unspecified atom stereocenters. The number of sulfone groups is 1. The maximum absolute atomic E-state index is 13.6. The lowest BCUT2D eigenvalue weighted by Crippen LogP contribution is -2.31. The van der Waals surface area contributed by atoms with E-state index in [0.29, 0.717) is 16.9 Å². The monoisotopic (exact) mass is 731 g/mol. The minimum Gasteiger partial charge on any atom is -0.495 e. The number of carbonyl (C=O) groups is 3. The number of benzene rings is 3. The van der Waals surface area contributed by atoms with Gasteiger partial charge in [0.2, 0.25) is 12.7 Å². The molecule has 0 saturated carbocycles. The largest absolute Gasteiger partial charge is 0.495 e. The Morgan fingerprint density at radius 1 is 0.942 bits per heavy atom. The average Bonchev–Trinajstić information content (AvgIpc) is 3.51. The van der Waals surface area contributed by atoms with Crippen LogP contribution in [-0.2, 0) is 35.3 Å². The van der Waals surface area contributed by atoms with Gasteiger partial charge in [-0.1, -0.05) is 52.0 Å². The zero-order chi connectivity index (χ0) is 37.8. The Balaban J connectivity index is 1.40. The standard InChI is InChI=1S/C37H38FN5O8S/c1-23(37(2,3)4)34(45)50-22-51-36(46)43(30-17-16-29(52(6,47)48)20-31(30)49-5)35-40-32-18-11-26(21-42(32)41-35)25-9-14-28(15-10-25)39-33(44)19-24-7-12-27(38)13-8-24/h7-18,20-21,23H,19,22H2,1-6H3,(H,39,44)/t23-/m1/s1. The second kappa shape index (κ2) is 15.2. The molecule has 0 bridgehead atoms. The highest BCUT2D eigenvalue weighted by molar-refractivity contribution is 7.90. The number of carbonyl (C=O) groups excluding carboxylic acids is 3. The predicted octanol–water partition coefficient (Wildman–Crippen LogP) is 6.59. The summed E-state index contributed by atoms with van der Waals surface area (Å²) in [4.78, 5) is 44.2. The summed E-state index contributed by atoms with van der Waals surface area (Å²) in [6.07, 6.45) is 1.81. The number of nitrogens with zero attached hydrogens (tertiary/aromatic N) is 4. The number of aromatic nitrogens is 3. The minimum absolute atomic E-state index is 0.0163.